The van der Waals surface area contributed by atoms with Crippen LogP contribution in [0.25, 0.3) is 0 Å². The fourth-order valence-electron chi connectivity index (χ4n) is 3.10. The highest BCUT2D eigenvalue weighted by atomic mass is 19.1. The molecule has 0 aromatic carbocycles. The number of urea groups is 1. The quantitative estimate of drug-likeness (QED) is 0.0485. The number of rotatable bonds is 25. The molecule has 0 bridgehead atoms. The highest BCUT2D eigenvalue weighted by Crippen LogP contribution is 2.08. The van der Waals surface area contributed by atoms with Gasteiger partial charge in [0.2, 0.25) is 5.91 Å². The number of nitrogens with one attached hydrogen (secondary N) is 4. The third-order valence-corrected chi connectivity index (χ3v) is 5.20. The van der Waals surface area contributed by atoms with Gasteiger partial charge in [-0.15, -0.1) is 0 Å². The molecule has 0 unspecified atom stereocenters. The van der Waals surface area contributed by atoms with Gasteiger partial charge in [-0.3, -0.25) is 14.4 Å². The maximum absolute atomic E-state index is 12.8. The molecule has 19 heteroatoms. The molecule has 0 aromatic heterocycles. The van der Waals surface area contributed by atoms with Crippen molar-refractivity contribution in [1.29, 1.82) is 5.53 Å². The highest BCUT2D eigenvalue weighted by molar-refractivity contribution is 5.87. The Morgan fingerprint density at radius 2 is 1.38 bits per heavy atom. The first-order valence-electron chi connectivity index (χ1n) is 12.7. The van der Waals surface area contributed by atoms with Gasteiger partial charge in [0.25, 0.3) is 0 Å². The Hall–Kier alpha value is -4.39. The summed E-state index contributed by atoms with van der Waals surface area (Å²) in [7, 11) is 0. The molecule has 0 spiro atoms. The lowest BCUT2D eigenvalue weighted by atomic mass is 10.1. The zero-order chi connectivity index (χ0) is 31.9. The average molecular weight is 609 g/mol. The van der Waals surface area contributed by atoms with Gasteiger partial charge in [0.15, 0.2) is 0 Å². The third kappa shape index (κ3) is 18.8. The van der Waals surface area contributed by atoms with Gasteiger partial charge in [0, 0.05) is 32.1 Å². The average Bonchev–Trinajstić information content (AvgIpc) is 2.92. The third-order valence-electron chi connectivity index (χ3n) is 5.20. The summed E-state index contributed by atoms with van der Waals surface area (Å²) in [5.74, 6) is -6.31. The molecule has 0 radical (unpaired) electrons. The Morgan fingerprint density at radius 1 is 0.833 bits per heavy atom. The molecule has 238 valence electrons. The van der Waals surface area contributed by atoms with E-state index >= 15 is 0 Å². The van der Waals surface area contributed by atoms with E-state index in [4.69, 9.17) is 30.3 Å². The molecule has 8 N–H and O–H groups in total. The minimum absolute atomic E-state index is 0.0258. The van der Waals surface area contributed by atoms with Crippen LogP contribution in [0.2, 0.25) is 0 Å². The number of hydrogen-bond acceptors (Lipinski definition) is 11. The van der Waals surface area contributed by atoms with Crippen molar-refractivity contribution < 1.29 is 63.1 Å². The van der Waals surface area contributed by atoms with E-state index in [0.717, 1.165) is 4.90 Å². The summed E-state index contributed by atoms with van der Waals surface area (Å²) in [6.07, 6.45) is -1.11. The van der Waals surface area contributed by atoms with Crippen LogP contribution in [0, 0.1) is 5.53 Å². The van der Waals surface area contributed by atoms with E-state index in [1.165, 1.54) is 6.20 Å². The van der Waals surface area contributed by atoms with E-state index in [2.05, 4.69) is 10.4 Å². The number of ether oxygens (including phenoxy) is 2. The summed E-state index contributed by atoms with van der Waals surface area (Å²) >= 11 is 0. The number of aliphatic carboxylic acids is 4. The van der Waals surface area contributed by atoms with E-state index in [0.29, 0.717) is 0 Å². The van der Waals surface area contributed by atoms with Crippen LogP contribution in [0.3, 0.4) is 0 Å². The summed E-state index contributed by atoms with van der Waals surface area (Å²) < 4.78 is 22.1. The van der Waals surface area contributed by atoms with Gasteiger partial charge in [0.1, 0.15) is 18.8 Å². The lowest BCUT2D eigenvalue weighted by molar-refractivity contribution is -0.141. The predicted molar refractivity (Wildman–Crippen MR) is 138 cm³/mol. The molecule has 0 heterocycles. The van der Waals surface area contributed by atoms with Crippen molar-refractivity contribution in [2.45, 2.75) is 44.2 Å². The number of amides is 3. The molecule has 0 aliphatic carbocycles. The van der Waals surface area contributed by atoms with Crippen molar-refractivity contribution >= 4 is 35.8 Å². The maximum Gasteiger partial charge on any atom is 0.326 e. The number of carbonyl (C=O) groups is 6. The summed E-state index contributed by atoms with van der Waals surface area (Å²) in [4.78, 5) is 70.6. The second-order valence-corrected chi connectivity index (χ2v) is 8.44. The van der Waals surface area contributed by atoms with Crippen molar-refractivity contribution in [2.24, 2.45) is 5.11 Å². The Kier molecular flexibility index (Phi) is 20.0. The molecule has 3 amide bonds. The largest absolute Gasteiger partial charge is 0.481 e. The molecule has 0 aliphatic rings. The Balaban J connectivity index is 5.08. The van der Waals surface area contributed by atoms with Crippen LogP contribution in [0.1, 0.15) is 32.1 Å². The van der Waals surface area contributed by atoms with E-state index in [-0.39, 0.29) is 51.8 Å². The minimum atomic E-state index is -1.65. The Morgan fingerprint density at radius 3 is 1.88 bits per heavy atom. The van der Waals surface area contributed by atoms with Crippen molar-refractivity contribution in [3.63, 3.8) is 0 Å². The summed E-state index contributed by atoms with van der Waals surface area (Å²) in [5.41, 5.74) is 7.38. The van der Waals surface area contributed by atoms with Gasteiger partial charge < -0.3 is 50.8 Å². The Labute approximate surface area is 239 Å². The van der Waals surface area contributed by atoms with Crippen LogP contribution in [0.4, 0.5) is 9.18 Å². The van der Waals surface area contributed by atoms with Crippen LogP contribution < -0.4 is 16.0 Å². The van der Waals surface area contributed by atoms with Gasteiger partial charge in [-0.1, -0.05) is 0 Å². The standard InChI is InChI=1S/C23H37FN6O12/c24-6-9-41-11-12-42-10-7-26-13-15(29-25)14-30(8-5-20(34)35)18(31)3-1-16(21(36)37)27-23(40)28-17(22(38)39)2-4-19(32)33/h13,16-17,25-26H,1-12,14H2,(H,32,33)(H,34,35)(H,36,37)(H,38,39)(H2,27,28,40)/b15-13-,29-25?/t16-,17-/m0/s1. The fraction of sp³-hybridized carbons (Fsp3) is 0.652. The topological polar surface area (TPSA) is 277 Å². The zero-order valence-electron chi connectivity index (χ0n) is 22.8. The Bertz CT molecular complexity index is 951. The number of hydrogen-bond donors (Lipinski definition) is 8. The maximum atomic E-state index is 12.8. The number of halogens is 1. The molecule has 0 fully saturated rings. The lowest BCUT2D eigenvalue weighted by Gasteiger charge is -2.23. The molecular formula is C23H37FN6O12. The second-order valence-electron chi connectivity index (χ2n) is 8.44. The van der Waals surface area contributed by atoms with Crippen LogP contribution in [0.15, 0.2) is 17.0 Å². The fourth-order valence-corrected chi connectivity index (χ4v) is 3.10. The van der Waals surface area contributed by atoms with Crippen LogP contribution >= 0.6 is 0 Å². The molecule has 0 saturated carbocycles. The molecule has 18 nitrogen and oxygen atoms in total. The van der Waals surface area contributed by atoms with Gasteiger partial charge in [0.05, 0.1) is 45.1 Å². The van der Waals surface area contributed by atoms with Gasteiger partial charge in [-0.25, -0.2) is 24.3 Å². The molecular weight excluding hydrogens is 571 g/mol. The molecule has 0 aliphatic heterocycles. The zero-order valence-corrected chi connectivity index (χ0v) is 22.8. The number of nitrogens with zero attached hydrogens (tertiary/aromatic N) is 2. The smallest absolute Gasteiger partial charge is 0.326 e. The minimum Gasteiger partial charge on any atom is -0.481 e. The lowest BCUT2D eigenvalue weighted by Crippen LogP contribution is -2.51. The molecule has 2 atom stereocenters. The first kappa shape index (κ1) is 37.6. The first-order chi connectivity index (χ1) is 19.9. The summed E-state index contributed by atoms with van der Waals surface area (Å²) in [6, 6.07) is -4.47. The van der Waals surface area contributed by atoms with Crippen LogP contribution in [-0.4, -0.2) is 126 Å². The van der Waals surface area contributed by atoms with E-state index in [9.17, 15) is 38.3 Å². The summed E-state index contributed by atoms with van der Waals surface area (Å²) in [6.45, 7) is -0.261. The molecule has 42 heavy (non-hydrogen) atoms. The number of carboxylic acids is 4. The number of carboxylic acid groups (broad SMARTS) is 4. The molecule has 0 saturated heterocycles. The van der Waals surface area contributed by atoms with Crippen LogP contribution in [-0.2, 0) is 33.4 Å². The van der Waals surface area contributed by atoms with Crippen LogP contribution in [0.5, 0.6) is 0 Å². The van der Waals surface area contributed by atoms with Gasteiger partial charge >= 0.3 is 29.9 Å². The van der Waals surface area contributed by atoms with E-state index in [1.54, 1.807) is 0 Å². The van der Waals surface area contributed by atoms with Gasteiger partial charge in [-0.2, -0.15) is 5.11 Å². The molecule has 0 rings (SSSR count). The highest BCUT2D eigenvalue weighted by Gasteiger charge is 2.26. The normalized spacial score (nSPS) is 12.5. The van der Waals surface area contributed by atoms with Crippen molar-refractivity contribution in [3.8, 4) is 0 Å². The van der Waals surface area contributed by atoms with Gasteiger partial charge in [-0.05, 0) is 12.8 Å². The number of carbonyl (C=O) groups excluding carboxylic acids is 2. The van der Waals surface area contributed by atoms with Crippen molar-refractivity contribution in [3.05, 3.63) is 11.9 Å². The summed E-state index contributed by atoms with van der Waals surface area (Å²) in [5, 5.41) is 46.4. The van der Waals surface area contributed by atoms with Crippen molar-refractivity contribution in [1.82, 2.24) is 20.9 Å². The molecule has 0 aromatic rings. The first-order valence-corrected chi connectivity index (χ1v) is 12.7. The monoisotopic (exact) mass is 608 g/mol. The van der Waals surface area contributed by atoms with Crippen molar-refractivity contribution in [2.75, 3.05) is 52.7 Å². The van der Waals surface area contributed by atoms with E-state index < -0.39 is 86.7 Å². The van der Waals surface area contributed by atoms with E-state index in [1.807, 2.05) is 10.6 Å². The number of alkyl halides is 1. The SMILES string of the molecule is N=N/C(=C\NCCOCCOCCF)CN(CCC(=O)O)C(=O)CC[C@H](NC(=O)N[C@@H](CCC(=O)O)C(=O)O)C(=O)O. The predicted octanol–water partition coefficient (Wildman–Crippen LogP) is -0.395. The second kappa shape index (κ2) is 22.3.